The first-order valence-corrected chi connectivity index (χ1v) is 10.4. The van der Waals surface area contributed by atoms with E-state index < -0.39 is 18.5 Å². The number of benzene rings is 3. The van der Waals surface area contributed by atoms with Crippen LogP contribution in [0.2, 0.25) is 0 Å². The number of hydrogen-bond donors (Lipinski definition) is 1. The summed E-state index contributed by atoms with van der Waals surface area (Å²) in [5, 5.41) is 2.74. The first kappa shape index (κ1) is 21.9. The number of anilines is 1. The molecule has 3 nitrogen and oxygen atoms in total. The minimum Gasteiger partial charge on any atom is -0.454 e. The molecule has 32 heavy (non-hydrogen) atoms. The van der Waals surface area contributed by atoms with Crippen molar-refractivity contribution in [3.8, 4) is 22.6 Å². The first-order valence-electron chi connectivity index (χ1n) is 10.4. The lowest BCUT2D eigenvalue weighted by Crippen LogP contribution is -2.14. The molecule has 0 saturated carbocycles. The molecular formula is C26H24F3NO2. The normalized spacial score (nSPS) is 13.5. The molecule has 4 rings (SSSR count). The monoisotopic (exact) mass is 439 g/mol. The number of nitrogens with one attached hydrogen (secondary N) is 1. The van der Waals surface area contributed by atoms with Gasteiger partial charge in [0.25, 0.3) is 5.91 Å². The maximum Gasteiger partial charge on any atom is 0.393 e. The lowest BCUT2D eigenvalue weighted by Gasteiger charge is -2.18. The number of ether oxygens (including phenoxy) is 1. The molecule has 166 valence electrons. The van der Waals surface area contributed by atoms with Crippen LogP contribution in [0.5, 0.6) is 11.5 Å². The lowest BCUT2D eigenvalue weighted by molar-refractivity contribution is -0.127. The molecular weight excluding hydrogens is 415 g/mol. The van der Waals surface area contributed by atoms with Gasteiger partial charge in [-0.1, -0.05) is 57.2 Å². The minimum absolute atomic E-state index is 0.0114. The van der Waals surface area contributed by atoms with Gasteiger partial charge in [-0.15, -0.1) is 0 Å². The van der Waals surface area contributed by atoms with Crippen LogP contribution in [0.1, 0.15) is 42.3 Å². The van der Waals surface area contributed by atoms with E-state index in [1.165, 1.54) is 23.8 Å². The molecule has 0 saturated heterocycles. The maximum absolute atomic E-state index is 12.8. The number of carbonyl (C=O) groups excluding carboxylic acids is 1. The molecule has 0 radical (unpaired) electrons. The second kappa shape index (κ2) is 8.01. The molecule has 1 N–H and O–H groups in total. The zero-order valence-corrected chi connectivity index (χ0v) is 18.1. The molecule has 3 aromatic rings. The van der Waals surface area contributed by atoms with Crippen LogP contribution >= 0.6 is 0 Å². The summed E-state index contributed by atoms with van der Waals surface area (Å²) in [5.41, 5.74) is 3.89. The summed E-state index contributed by atoms with van der Waals surface area (Å²) >= 11 is 0. The van der Waals surface area contributed by atoms with Crippen molar-refractivity contribution in [3.05, 3.63) is 77.4 Å². The van der Waals surface area contributed by atoms with Gasteiger partial charge in [-0.2, -0.15) is 13.2 Å². The fourth-order valence-corrected chi connectivity index (χ4v) is 3.86. The van der Waals surface area contributed by atoms with Gasteiger partial charge >= 0.3 is 6.18 Å². The van der Waals surface area contributed by atoms with E-state index in [0.29, 0.717) is 11.4 Å². The van der Waals surface area contributed by atoms with Crippen molar-refractivity contribution in [3.63, 3.8) is 0 Å². The topological polar surface area (TPSA) is 38.3 Å². The summed E-state index contributed by atoms with van der Waals surface area (Å²) in [5.74, 6) is 0.174. The smallest absolute Gasteiger partial charge is 0.393 e. The van der Waals surface area contributed by atoms with Gasteiger partial charge in [-0.05, 0) is 58.4 Å². The van der Waals surface area contributed by atoms with E-state index >= 15 is 0 Å². The third kappa shape index (κ3) is 5.13. The average molecular weight is 439 g/mol. The molecule has 0 spiro atoms. The summed E-state index contributed by atoms with van der Waals surface area (Å²) in [4.78, 5) is 12.6. The Kier molecular flexibility index (Phi) is 5.49. The minimum atomic E-state index is -4.35. The Bertz CT molecular complexity index is 1180. The van der Waals surface area contributed by atoms with Crippen LogP contribution in [-0.2, 0) is 12.8 Å². The predicted molar refractivity (Wildman–Crippen MR) is 119 cm³/mol. The summed E-state index contributed by atoms with van der Waals surface area (Å²) in [6, 6.07) is 17.7. The molecule has 0 aliphatic carbocycles. The van der Waals surface area contributed by atoms with E-state index in [-0.39, 0.29) is 22.3 Å². The van der Waals surface area contributed by atoms with Gasteiger partial charge in [0.05, 0.1) is 17.7 Å². The van der Waals surface area contributed by atoms with Crippen molar-refractivity contribution in [2.45, 2.75) is 39.8 Å². The van der Waals surface area contributed by atoms with Crippen LogP contribution in [0.15, 0.2) is 60.7 Å². The van der Waals surface area contributed by atoms with Crippen molar-refractivity contribution in [2.75, 3.05) is 5.32 Å². The van der Waals surface area contributed by atoms with Crippen molar-refractivity contribution in [1.82, 2.24) is 0 Å². The molecule has 3 aromatic carbocycles. The fourth-order valence-electron chi connectivity index (χ4n) is 3.86. The SMILES string of the molecule is CC(C)(C)Cc1cccc(-c2ccc3c(c2)Oc2ccc(CC(F)(F)F)cc2C(=O)N3)c1. The van der Waals surface area contributed by atoms with E-state index in [9.17, 15) is 18.0 Å². The fraction of sp³-hybridized carbons (Fsp3) is 0.269. The Labute approximate surface area is 185 Å². The van der Waals surface area contributed by atoms with Gasteiger partial charge < -0.3 is 10.1 Å². The summed E-state index contributed by atoms with van der Waals surface area (Å²) in [7, 11) is 0. The second-order valence-corrected chi connectivity index (χ2v) is 9.33. The van der Waals surface area contributed by atoms with Crippen LogP contribution in [0.25, 0.3) is 11.1 Å². The maximum atomic E-state index is 12.8. The lowest BCUT2D eigenvalue weighted by atomic mass is 9.87. The van der Waals surface area contributed by atoms with E-state index in [2.05, 4.69) is 38.2 Å². The molecule has 0 fully saturated rings. The van der Waals surface area contributed by atoms with Crippen LogP contribution in [0.4, 0.5) is 18.9 Å². The van der Waals surface area contributed by atoms with Crippen LogP contribution in [-0.4, -0.2) is 12.1 Å². The Morgan fingerprint density at radius 2 is 1.53 bits per heavy atom. The van der Waals surface area contributed by atoms with Crippen molar-refractivity contribution in [1.29, 1.82) is 0 Å². The van der Waals surface area contributed by atoms with Crippen LogP contribution in [0, 0.1) is 5.41 Å². The Morgan fingerprint density at radius 1 is 0.812 bits per heavy atom. The number of carbonyl (C=O) groups is 1. The number of hydrogen-bond acceptors (Lipinski definition) is 2. The van der Waals surface area contributed by atoms with E-state index in [1.807, 2.05) is 24.3 Å². The molecule has 1 aliphatic rings. The standard InChI is InChI=1S/C26H24F3NO2/c1-25(2,3)14-16-5-4-6-18(11-16)19-8-9-21-23(13-19)32-22-10-7-17(15-26(27,28)29)12-20(22)24(31)30-21/h4-13H,14-15H2,1-3H3,(H,30,31). The summed E-state index contributed by atoms with van der Waals surface area (Å²) in [6.07, 6.45) is -4.52. The van der Waals surface area contributed by atoms with Gasteiger partial charge in [0, 0.05) is 0 Å². The highest BCUT2D eigenvalue weighted by Crippen LogP contribution is 2.39. The third-order valence-corrected chi connectivity index (χ3v) is 5.14. The van der Waals surface area contributed by atoms with Crippen molar-refractivity contribution >= 4 is 11.6 Å². The number of rotatable bonds is 3. The van der Waals surface area contributed by atoms with Gasteiger partial charge in [0.2, 0.25) is 0 Å². The first-order chi connectivity index (χ1) is 15.0. The van der Waals surface area contributed by atoms with Gasteiger partial charge in [-0.3, -0.25) is 4.79 Å². The van der Waals surface area contributed by atoms with E-state index in [4.69, 9.17) is 4.74 Å². The van der Waals surface area contributed by atoms with Crippen LogP contribution in [0.3, 0.4) is 0 Å². The molecule has 0 atom stereocenters. The van der Waals surface area contributed by atoms with Crippen molar-refractivity contribution in [2.24, 2.45) is 5.41 Å². The highest BCUT2D eigenvalue weighted by atomic mass is 19.4. The Hall–Kier alpha value is -3.28. The Morgan fingerprint density at radius 3 is 2.25 bits per heavy atom. The molecule has 0 aromatic heterocycles. The zero-order chi connectivity index (χ0) is 23.1. The highest BCUT2D eigenvalue weighted by Gasteiger charge is 2.29. The van der Waals surface area contributed by atoms with Gasteiger partial charge in [0.15, 0.2) is 5.75 Å². The molecule has 0 bridgehead atoms. The number of alkyl halides is 3. The number of fused-ring (bicyclic) bond motifs is 2. The molecule has 1 amide bonds. The average Bonchev–Trinajstić information content (AvgIpc) is 2.81. The molecule has 6 heteroatoms. The summed E-state index contributed by atoms with van der Waals surface area (Å²) < 4.78 is 44.2. The van der Waals surface area contributed by atoms with Gasteiger partial charge in [0.1, 0.15) is 5.75 Å². The number of amides is 1. The largest absolute Gasteiger partial charge is 0.454 e. The number of halogens is 3. The molecule has 1 heterocycles. The molecule has 1 aliphatic heterocycles. The summed E-state index contributed by atoms with van der Waals surface area (Å²) in [6.45, 7) is 6.57. The van der Waals surface area contributed by atoms with E-state index in [0.717, 1.165) is 17.5 Å². The van der Waals surface area contributed by atoms with Crippen molar-refractivity contribution < 1.29 is 22.7 Å². The Balaban J connectivity index is 1.67. The quantitative estimate of drug-likeness (QED) is 0.462. The predicted octanol–water partition coefficient (Wildman–Crippen LogP) is 7.41. The zero-order valence-electron chi connectivity index (χ0n) is 18.1. The third-order valence-electron chi connectivity index (χ3n) is 5.14. The van der Waals surface area contributed by atoms with Crippen LogP contribution < -0.4 is 10.1 Å². The van der Waals surface area contributed by atoms with Gasteiger partial charge in [-0.25, -0.2) is 0 Å². The highest BCUT2D eigenvalue weighted by molar-refractivity contribution is 6.08. The van der Waals surface area contributed by atoms with E-state index in [1.54, 1.807) is 6.07 Å². The molecule has 0 unspecified atom stereocenters. The second-order valence-electron chi connectivity index (χ2n) is 9.33.